The Morgan fingerprint density at radius 3 is 2.42 bits per heavy atom. The normalized spacial score (nSPS) is 11.3. The largest absolute Gasteiger partial charge is 0.242 e. The second-order valence-corrected chi connectivity index (χ2v) is 5.67. The molecule has 0 spiro atoms. The van der Waals surface area contributed by atoms with E-state index in [4.69, 9.17) is 27.8 Å². The van der Waals surface area contributed by atoms with Crippen molar-refractivity contribution in [3.8, 4) is 0 Å². The molecule has 0 saturated heterocycles. The lowest BCUT2D eigenvalue weighted by molar-refractivity contribution is 0.304. The number of aromatic nitrogens is 4. The lowest BCUT2D eigenvalue weighted by atomic mass is 10.2. The van der Waals surface area contributed by atoms with Gasteiger partial charge in [-0.2, -0.15) is 0 Å². The predicted octanol–water partition coefficient (Wildman–Crippen LogP) is 4.08. The van der Waals surface area contributed by atoms with E-state index in [2.05, 4.69) is 35.6 Å². The van der Waals surface area contributed by atoms with Gasteiger partial charge in [0.2, 0.25) is 11.6 Å². The van der Waals surface area contributed by atoms with Crippen LogP contribution in [-0.2, 0) is 6.54 Å². The molecule has 1 aromatic carbocycles. The third-order valence-corrected chi connectivity index (χ3v) is 3.67. The van der Waals surface area contributed by atoms with Gasteiger partial charge in [-0.1, -0.05) is 44.8 Å². The molecule has 0 N–H and O–H groups in total. The Bertz CT molecular complexity index is 877. The Balaban J connectivity index is 1.92. The molecule has 0 aliphatic heterocycles. The maximum absolute atomic E-state index is 6.22. The quantitative estimate of drug-likeness (QED) is 0.493. The molecule has 2 heterocycles. The fraction of sp³-hybridized carbons (Fsp3) is 0.231. The minimum Gasteiger partial charge on any atom is -0.242 e. The zero-order chi connectivity index (χ0) is 17.1. The first-order valence-corrected chi connectivity index (χ1v) is 7.51. The number of halogens is 2. The van der Waals surface area contributed by atoms with Crippen LogP contribution in [0.2, 0.25) is 10.0 Å². The van der Waals surface area contributed by atoms with Crippen LogP contribution in [0.3, 0.4) is 0 Å². The van der Waals surface area contributed by atoms with E-state index >= 15 is 0 Å². The maximum atomic E-state index is 6.22. The van der Waals surface area contributed by atoms with Gasteiger partial charge >= 0.3 is 0 Å². The van der Waals surface area contributed by atoms with Crippen molar-refractivity contribution in [2.45, 2.75) is 20.4 Å². The average Bonchev–Trinajstić information content (AvgIpc) is 3.14. The van der Waals surface area contributed by atoms with Crippen LogP contribution in [0.15, 0.2) is 37.8 Å². The Labute approximate surface area is 146 Å². The van der Waals surface area contributed by atoms with Gasteiger partial charge in [0.15, 0.2) is 0 Å². The van der Waals surface area contributed by atoms with Gasteiger partial charge in [-0.05, 0) is 41.9 Å². The lowest BCUT2D eigenvalue weighted by Gasteiger charge is -2.15. The molecule has 2 aromatic heterocycles. The SMILES string of the molecule is Cc1nonc1N=NN(Cc1ccc(Cl)cc1Cl)c1nonc1C. The van der Waals surface area contributed by atoms with Crippen molar-refractivity contribution in [3.63, 3.8) is 0 Å². The van der Waals surface area contributed by atoms with Crippen LogP contribution in [0.1, 0.15) is 17.0 Å². The minimum atomic E-state index is 0.260. The molecule has 0 bridgehead atoms. The summed E-state index contributed by atoms with van der Waals surface area (Å²) in [7, 11) is 0. The van der Waals surface area contributed by atoms with E-state index < -0.39 is 0 Å². The first-order valence-electron chi connectivity index (χ1n) is 6.76. The second-order valence-electron chi connectivity index (χ2n) is 4.83. The standard InChI is InChI=1S/C13H11Cl2N7O2/c1-7-12(19-23-17-7)16-21-22(13-8(2)18-24-20-13)6-9-3-4-10(14)5-11(9)15/h3-5H,6H2,1-2H3. The highest BCUT2D eigenvalue weighted by molar-refractivity contribution is 6.35. The van der Waals surface area contributed by atoms with E-state index in [9.17, 15) is 0 Å². The molecular weight excluding hydrogens is 357 g/mol. The van der Waals surface area contributed by atoms with Crippen LogP contribution in [0.5, 0.6) is 0 Å². The zero-order valence-corrected chi connectivity index (χ0v) is 14.2. The van der Waals surface area contributed by atoms with Gasteiger partial charge in [-0.3, -0.25) is 0 Å². The first-order chi connectivity index (χ1) is 11.5. The third-order valence-electron chi connectivity index (χ3n) is 3.08. The first kappa shape index (κ1) is 16.3. The molecule has 0 aliphatic rings. The van der Waals surface area contributed by atoms with Crippen molar-refractivity contribution in [3.05, 3.63) is 45.2 Å². The molecule has 0 unspecified atom stereocenters. The molecule has 0 aliphatic carbocycles. The summed E-state index contributed by atoms with van der Waals surface area (Å²) in [5, 5.41) is 25.5. The van der Waals surface area contributed by atoms with E-state index in [1.807, 2.05) is 0 Å². The van der Waals surface area contributed by atoms with Crippen LogP contribution in [0.25, 0.3) is 0 Å². The Morgan fingerprint density at radius 2 is 1.79 bits per heavy atom. The minimum absolute atomic E-state index is 0.260. The highest BCUT2D eigenvalue weighted by Gasteiger charge is 2.17. The van der Waals surface area contributed by atoms with Gasteiger partial charge in [0.05, 0.1) is 6.54 Å². The van der Waals surface area contributed by atoms with Gasteiger partial charge in [-0.25, -0.2) is 14.3 Å². The highest BCUT2D eigenvalue weighted by atomic mass is 35.5. The Kier molecular flexibility index (Phi) is 4.72. The molecule has 11 heteroatoms. The molecular formula is C13H11Cl2N7O2. The number of rotatable bonds is 5. The Hall–Kier alpha value is -2.52. The summed E-state index contributed by atoms with van der Waals surface area (Å²) in [5.74, 6) is 0.662. The van der Waals surface area contributed by atoms with Crippen LogP contribution >= 0.6 is 23.2 Å². The maximum Gasteiger partial charge on any atom is 0.242 e. The van der Waals surface area contributed by atoms with Gasteiger partial charge in [0.25, 0.3) is 0 Å². The molecule has 0 atom stereocenters. The molecule has 0 fully saturated rings. The summed E-state index contributed by atoms with van der Waals surface area (Å²) in [6.45, 7) is 3.72. The van der Waals surface area contributed by atoms with E-state index in [0.717, 1.165) is 5.56 Å². The molecule has 24 heavy (non-hydrogen) atoms. The number of hydrogen-bond donors (Lipinski definition) is 0. The molecule has 124 valence electrons. The lowest BCUT2D eigenvalue weighted by Crippen LogP contribution is -2.16. The summed E-state index contributed by atoms with van der Waals surface area (Å²) in [4.78, 5) is 0. The van der Waals surface area contributed by atoms with E-state index in [0.29, 0.717) is 27.3 Å². The summed E-state index contributed by atoms with van der Waals surface area (Å²) >= 11 is 12.1. The van der Waals surface area contributed by atoms with E-state index in [-0.39, 0.29) is 12.4 Å². The van der Waals surface area contributed by atoms with Gasteiger partial charge in [-0.15, -0.1) is 5.11 Å². The number of anilines is 1. The van der Waals surface area contributed by atoms with E-state index in [1.165, 1.54) is 5.01 Å². The molecule has 0 amide bonds. The summed E-state index contributed by atoms with van der Waals surface area (Å²) in [6.07, 6.45) is 0. The molecule has 9 nitrogen and oxygen atoms in total. The number of benzene rings is 1. The average molecular weight is 368 g/mol. The number of hydrogen-bond acceptors (Lipinski definition) is 8. The molecule has 0 radical (unpaired) electrons. The van der Waals surface area contributed by atoms with Crippen molar-refractivity contribution >= 4 is 34.8 Å². The molecule has 3 aromatic rings. The summed E-state index contributed by atoms with van der Waals surface area (Å²) in [5.41, 5.74) is 1.84. The predicted molar refractivity (Wildman–Crippen MR) is 85.2 cm³/mol. The zero-order valence-electron chi connectivity index (χ0n) is 12.6. The van der Waals surface area contributed by atoms with Crippen LogP contribution < -0.4 is 5.01 Å². The van der Waals surface area contributed by atoms with E-state index in [1.54, 1.807) is 32.0 Å². The summed E-state index contributed by atoms with van der Waals surface area (Å²) in [6, 6.07) is 5.17. The smallest absolute Gasteiger partial charge is 0.242 e. The topological polar surface area (TPSA) is 106 Å². The van der Waals surface area contributed by atoms with Crippen LogP contribution in [0, 0.1) is 13.8 Å². The van der Waals surface area contributed by atoms with Gasteiger partial charge < -0.3 is 0 Å². The van der Waals surface area contributed by atoms with Crippen LogP contribution in [-0.4, -0.2) is 20.6 Å². The number of aryl methyl sites for hydroxylation is 2. The van der Waals surface area contributed by atoms with Crippen molar-refractivity contribution < 1.29 is 9.26 Å². The third kappa shape index (κ3) is 3.52. The Morgan fingerprint density at radius 1 is 1.04 bits per heavy atom. The fourth-order valence-corrected chi connectivity index (χ4v) is 2.30. The fourth-order valence-electron chi connectivity index (χ4n) is 1.84. The van der Waals surface area contributed by atoms with Crippen molar-refractivity contribution in [2.24, 2.45) is 10.3 Å². The monoisotopic (exact) mass is 367 g/mol. The number of nitrogens with zero attached hydrogens (tertiary/aromatic N) is 7. The van der Waals surface area contributed by atoms with Crippen molar-refractivity contribution in [2.75, 3.05) is 5.01 Å². The van der Waals surface area contributed by atoms with Gasteiger partial charge in [0.1, 0.15) is 11.4 Å². The molecule has 3 rings (SSSR count). The van der Waals surface area contributed by atoms with Crippen molar-refractivity contribution in [1.82, 2.24) is 20.6 Å². The highest BCUT2D eigenvalue weighted by Crippen LogP contribution is 2.26. The van der Waals surface area contributed by atoms with Crippen molar-refractivity contribution in [1.29, 1.82) is 0 Å². The summed E-state index contributed by atoms with van der Waals surface area (Å²) < 4.78 is 9.32. The second kappa shape index (κ2) is 6.93. The molecule has 0 saturated carbocycles. The van der Waals surface area contributed by atoms with Gasteiger partial charge in [0, 0.05) is 10.0 Å². The van der Waals surface area contributed by atoms with Crippen LogP contribution in [0.4, 0.5) is 11.6 Å².